The van der Waals surface area contributed by atoms with E-state index in [9.17, 15) is 14.7 Å². The van der Waals surface area contributed by atoms with Gasteiger partial charge in [-0.3, -0.25) is 13.9 Å². The van der Waals surface area contributed by atoms with Crippen molar-refractivity contribution in [2.45, 2.75) is 118 Å². The fourth-order valence-electron chi connectivity index (χ4n) is 6.20. The van der Waals surface area contributed by atoms with E-state index in [1.165, 1.54) is 0 Å². The van der Waals surface area contributed by atoms with Crippen molar-refractivity contribution in [1.82, 2.24) is 24.0 Å². The molecule has 0 amide bonds. The second kappa shape index (κ2) is 20.4. The maximum atomic E-state index is 13.7. The molecule has 3 unspecified atom stereocenters. The molecular formula is C34H60N6O6. The number of aliphatic hydroxyl groups is 1. The number of imidazole rings is 1. The van der Waals surface area contributed by atoms with Crippen LogP contribution in [-0.2, 0) is 27.4 Å². The Morgan fingerprint density at radius 1 is 1.00 bits per heavy atom. The van der Waals surface area contributed by atoms with Crippen LogP contribution in [0.3, 0.4) is 0 Å². The van der Waals surface area contributed by atoms with Gasteiger partial charge in [-0.25, -0.2) is 9.78 Å². The zero-order valence-corrected chi connectivity index (χ0v) is 29.6. The van der Waals surface area contributed by atoms with Crippen molar-refractivity contribution in [2.75, 3.05) is 47.6 Å². The second-order valence-corrected chi connectivity index (χ2v) is 11.5. The number of ether oxygens (including phenoxy) is 3. The number of carbonyl (C=O) groups excluding carboxylic acids is 1. The number of ketones is 1. The predicted molar refractivity (Wildman–Crippen MR) is 183 cm³/mol. The van der Waals surface area contributed by atoms with Gasteiger partial charge in [-0.05, 0) is 57.7 Å². The smallest absolute Gasteiger partial charge is 0.330 e. The number of fused-ring (bicyclic) bond motifs is 1. The molecular weight excluding hydrogens is 588 g/mol. The summed E-state index contributed by atoms with van der Waals surface area (Å²) in [6.45, 7) is 12.8. The standard InChI is InChI=1S/C30H48N6O6.2C2H6/c1-5-10-22(24(31)21-12-6-7-13-23(21)37)26(38)27-32-28-25(29(33-27)42-19-20-11-8-14-34(20)2)35(16-18-41-4)30(39)36(28)15-9-17-40-3;2*1-2/h20-21,24,38H,5-19,31H2,1-4H3;2*1-2H3/b26-22-;;. The lowest BCUT2D eigenvalue weighted by Crippen LogP contribution is -2.39. The lowest BCUT2D eigenvalue weighted by atomic mass is 9.79. The number of aromatic nitrogens is 4. The van der Waals surface area contributed by atoms with Gasteiger partial charge in [0.15, 0.2) is 22.7 Å². The lowest BCUT2D eigenvalue weighted by Gasteiger charge is -2.28. The number of aliphatic hydroxyl groups excluding tert-OH is 1. The molecule has 1 aliphatic carbocycles. The van der Waals surface area contributed by atoms with Crippen molar-refractivity contribution < 1.29 is 24.1 Å². The highest BCUT2D eigenvalue weighted by Gasteiger charge is 2.33. The van der Waals surface area contributed by atoms with Gasteiger partial charge in [-0.2, -0.15) is 4.98 Å². The number of hydrogen-bond acceptors (Lipinski definition) is 10. The third-order valence-corrected chi connectivity index (χ3v) is 8.63. The molecule has 0 bridgehead atoms. The number of nitrogens with zero attached hydrogens (tertiary/aromatic N) is 5. The molecule has 2 aromatic rings. The third-order valence-electron chi connectivity index (χ3n) is 8.63. The quantitative estimate of drug-likeness (QED) is 0.201. The van der Waals surface area contributed by atoms with E-state index in [4.69, 9.17) is 29.9 Å². The van der Waals surface area contributed by atoms with Gasteiger partial charge in [0.25, 0.3) is 0 Å². The topological polar surface area (TPSA) is 147 Å². The van der Waals surface area contributed by atoms with E-state index in [1.807, 2.05) is 34.6 Å². The number of nitrogens with two attached hydrogens (primary N) is 1. The maximum absolute atomic E-state index is 13.7. The molecule has 2 aromatic heterocycles. The highest BCUT2D eigenvalue weighted by molar-refractivity contribution is 5.83. The van der Waals surface area contributed by atoms with Crippen LogP contribution in [0.2, 0.25) is 0 Å². The van der Waals surface area contributed by atoms with Gasteiger partial charge in [0.2, 0.25) is 5.88 Å². The van der Waals surface area contributed by atoms with Crippen molar-refractivity contribution >= 4 is 22.7 Å². The molecule has 46 heavy (non-hydrogen) atoms. The van der Waals surface area contributed by atoms with Gasteiger partial charge in [0.1, 0.15) is 12.4 Å². The largest absolute Gasteiger partial charge is 0.504 e. The van der Waals surface area contributed by atoms with Crippen molar-refractivity contribution in [1.29, 1.82) is 0 Å². The van der Waals surface area contributed by atoms with E-state index < -0.39 is 6.04 Å². The summed E-state index contributed by atoms with van der Waals surface area (Å²) in [7, 11) is 5.28. The molecule has 4 rings (SSSR count). The normalized spacial score (nSPS) is 19.6. The van der Waals surface area contributed by atoms with Crippen LogP contribution < -0.4 is 16.2 Å². The van der Waals surface area contributed by atoms with Gasteiger partial charge >= 0.3 is 5.69 Å². The Morgan fingerprint density at radius 3 is 2.33 bits per heavy atom. The Kier molecular flexibility index (Phi) is 17.5. The highest BCUT2D eigenvalue weighted by atomic mass is 16.5. The summed E-state index contributed by atoms with van der Waals surface area (Å²) in [5, 5.41) is 11.7. The van der Waals surface area contributed by atoms with Crippen LogP contribution in [0.15, 0.2) is 10.4 Å². The van der Waals surface area contributed by atoms with Gasteiger partial charge in [-0.15, -0.1) is 0 Å². The zero-order valence-electron chi connectivity index (χ0n) is 29.6. The minimum Gasteiger partial charge on any atom is -0.504 e. The van der Waals surface area contributed by atoms with E-state index in [2.05, 4.69) is 11.9 Å². The molecule has 3 atom stereocenters. The van der Waals surface area contributed by atoms with Crippen molar-refractivity contribution in [3.63, 3.8) is 0 Å². The Labute approximate surface area is 275 Å². The van der Waals surface area contributed by atoms with Crippen molar-refractivity contribution in [3.05, 3.63) is 21.9 Å². The molecule has 1 saturated carbocycles. The third kappa shape index (κ3) is 9.62. The van der Waals surface area contributed by atoms with Gasteiger partial charge in [0.05, 0.1) is 13.2 Å². The van der Waals surface area contributed by atoms with E-state index in [-0.39, 0.29) is 40.9 Å². The number of aryl methyl sites for hydroxylation is 1. The van der Waals surface area contributed by atoms with Crippen LogP contribution in [0.5, 0.6) is 5.88 Å². The molecule has 1 saturated heterocycles. The number of hydrogen-bond donors (Lipinski definition) is 2. The molecule has 3 heterocycles. The SMILES string of the molecule is CC.CC.CCC/C(=C(/O)c1nc(OCC2CCCN2C)c2c(n1)n(CCCOC)c(=O)n2CCOC)C(N)C1CCCCC1=O. The van der Waals surface area contributed by atoms with Crippen LogP contribution in [0.4, 0.5) is 0 Å². The van der Waals surface area contributed by atoms with Crippen LogP contribution in [0.25, 0.3) is 16.9 Å². The highest BCUT2D eigenvalue weighted by Crippen LogP contribution is 2.32. The van der Waals surface area contributed by atoms with E-state index in [1.54, 1.807) is 23.4 Å². The zero-order chi connectivity index (χ0) is 34.2. The second-order valence-electron chi connectivity index (χ2n) is 11.5. The summed E-state index contributed by atoms with van der Waals surface area (Å²) in [6.07, 6.45) is 6.93. The summed E-state index contributed by atoms with van der Waals surface area (Å²) in [6, 6.07) is -0.421. The molecule has 0 spiro atoms. The Morgan fingerprint density at radius 2 is 1.72 bits per heavy atom. The molecule has 262 valence electrons. The Balaban J connectivity index is 0.00000177. The minimum atomic E-state index is -0.635. The first kappa shape index (κ1) is 39.4. The fraction of sp³-hybridized carbons (Fsp3) is 0.765. The summed E-state index contributed by atoms with van der Waals surface area (Å²) >= 11 is 0. The first-order chi connectivity index (χ1) is 22.3. The van der Waals surface area contributed by atoms with Crippen LogP contribution in [0.1, 0.15) is 98.2 Å². The number of likely N-dealkylation sites (N-methyl/N-ethyl adjacent to an activating group) is 1. The number of methoxy groups -OCH3 is 2. The summed E-state index contributed by atoms with van der Waals surface area (Å²) in [5.41, 5.74) is 7.84. The van der Waals surface area contributed by atoms with E-state index >= 15 is 0 Å². The number of Topliss-reactive ketones (excluding diaryl/α,β-unsaturated/α-hetero) is 1. The average molecular weight is 649 g/mol. The Hall–Kier alpha value is -2.80. The lowest BCUT2D eigenvalue weighted by molar-refractivity contribution is -0.124. The molecule has 12 heteroatoms. The number of likely N-dealkylation sites (tertiary alicyclic amines) is 1. The van der Waals surface area contributed by atoms with Crippen molar-refractivity contribution in [2.24, 2.45) is 11.7 Å². The van der Waals surface area contributed by atoms with Crippen molar-refractivity contribution in [3.8, 4) is 5.88 Å². The van der Waals surface area contributed by atoms with Crippen LogP contribution in [-0.4, -0.2) is 94.6 Å². The molecule has 0 aromatic carbocycles. The first-order valence-corrected chi connectivity index (χ1v) is 17.3. The molecule has 12 nitrogen and oxygen atoms in total. The molecule has 1 aliphatic heterocycles. The predicted octanol–water partition coefficient (Wildman–Crippen LogP) is 4.96. The van der Waals surface area contributed by atoms with Crippen LogP contribution >= 0.6 is 0 Å². The maximum Gasteiger partial charge on any atom is 0.330 e. The van der Waals surface area contributed by atoms with Crippen LogP contribution in [0, 0.1) is 5.92 Å². The summed E-state index contributed by atoms with van der Waals surface area (Å²) < 4.78 is 20.1. The minimum absolute atomic E-state index is 0.0452. The monoisotopic (exact) mass is 648 g/mol. The summed E-state index contributed by atoms with van der Waals surface area (Å²) in [4.78, 5) is 38.2. The van der Waals surface area contributed by atoms with Gasteiger partial charge in [0, 0.05) is 51.8 Å². The van der Waals surface area contributed by atoms with Gasteiger partial charge in [-0.1, -0.05) is 47.5 Å². The molecule has 2 fully saturated rings. The molecule has 3 N–H and O–H groups in total. The summed E-state index contributed by atoms with van der Waals surface area (Å²) in [5.74, 6) is -0.0731. The van der Waals surface area contributed by atoms with E-state index in [0.717, 1.165) is 38.6 Å². The average Bonchev–Trinajstić information content (AvgIpc) is 3.61. The molecule has 2 aliphatic rings. The number of rotatable bonds is 15. The first-order valence-electron chi connectivity index (χ1n) is 17.3. The fourth-order valence-corrected chi connectivity index (χ4v) is 6.20. The number of carbonyl (C=O) groups is 1. The van der Waals surface area contributed by atoms with E-state index in [0.29, 0.717) is 75.3 Å². The molecule has 0 radical (unpaired) electrons. The van der Waals surface area contributed by atoms with Gasteiger partial charge < -0.3 is 30.0 Å². The Bertz CT molecular complexity index is 1310.